The summed E-state index contributed by atoms with van der Waals surface area (Å²) in [5.41, 5.74) is 0. The van der Waals surface area contributed by atoms with Crippen LogP contribution in [0, 0.1) is 5.92 Å². The third kappa shape index (κ3) is 6.06. The monoisotopic (exact) mass is 218 g/mol. The Kier molecular flexibility index (Phi) is 6.70. The molecule has 0 aromatic rings. The van der Waals surface area contributed by atoms with Crippen molar-refractivity contribution in [2.75, 3.05) is 13.7 Å². The van der Waals surface area contributed by atoms with Crippen molar-refractivity contribution in [1.82, 2.24) is 0 Å². The van der Waals surface area contributed by atoms with Crippen molar-refractivity contribution in [3.8, 4) is 0 Å². The predicted octanol–water partition coefficient (Wildman–Crippen LogP) is 0.500. The summed E-state index contributed by atoms with van der Waals surface area (Å²) in [6.07, 6.45) is -0.471. The highest BCUT2D eigenvalue weighted by molar-refractivity contribution is 5.72. The Morgan fingerprint density at radius 1 is 1.40 bits per heavy atom. The first-order valence-corrected chi connectivity index (χ1v) is 4.92. The summed E-state index contributed by atoms with van der Waals surface area (Å²) in [5, 5.41) is 9.28. The first kappa shape index (κ1) is 13.9. The molecule has 1 N–H and O–H groups in total. The van der Waals surface area contributed by atoms with Crippen molar-refractivity contribution >= 4 is 11.9 Å². The number of hydrogen-bond acceptors (Lipinski definition) is 5. The fourth-order valence-electron chi connectivity index (χ4n) is 0.822. The van der Waals surface area contributed by atoms with Crippen LogP contribution in [0.15, 0.2) is 0 Å². The number of methoxy groups -OCH3 is 1. The highest BCUT2D eigenvalue weighted by Crippen LogP contribution is 2.04. The van der Waals surface area contributed by atoms with Crippen molar-refractivity contribution in [1.29, 1.82) is 0 Å². The second-order valence-electron chi connectivity index (χ2n) is 3.37. The molecule has 0 spiro atoms. The molecule has 0 radical (unpaired) electrons. The average Bonchev–Trinajstić information content (AvgIpc) is 2.24. The largest absolute Gasteiger partial charge is 0.469 e. The second kappa shape index (κ2) is 7.23. The van der Waals surface area contributed by atoms with Gasteiger partial charge in [0, 0.05) is 0 Å². The molecule has 0 saturated heterocycles. The molecule has 0 fully saturated rings. The van der Waals surface area contributed by atoms with Crippen LogP contribution in [-0.4, -0.2) is 36.9 Å². The van der Waals surface area contributed by atoms with Gasteiger partial charge in [-0.05, 0) is 6.42 Å². The van der Waals surface area contributed by atoms with E-state index in [0.29, 0.717) is 6.42 Å². The Morgan fingerprint density at radius 3 is 2.47 bits per heavy atom. The molecule has 0 aromatic heterocycles. The maximum Gasteiger partial charge on any atom is 0.308 e. The summed E-state index contributed by atoms with van der Waals surface area (Å²) >= 11 is 0. The van der Waals surface area contributed by atoms with Crippen LogP contribution in [0.5, 0.6) is 0 Å². The second-order valence-corrected chi connectivity index (χ2v) is 3.37. The first-order chi connectivity index (χ1) is 7.01. The standard InChI is InChI=1S/C10H18O5/c1-4-7(2)10(13)15-6-8(11)5-9(12)14-3/h7-8,11H,4-6H2,1-3H3. The number of aliphatic hydroxyl groups excluding tert-OH is 1. The van der Waals surface area contributed by atoms with Gasteiger partial charge in [0.15, 0.2) is 0 Å². The Balaban J connectivity index is 3.75. The van der Waals surface area contributed by atoms with Gasteiger partial charge in [0.1, 0.15) is 6.61 Å². The van der Waals surface area contributed by atoms with Crippen LogP contribution in [-0.2, 0) is 19.1 Å². The molecule has 5 heteroatoms. The van der Waals surface area contributed by atoms with E-state index in [1.165, 1.54) is 7.11 Å². The van der Waals surface area contributed by atoms with Crippen molar-refractivity contribution in [3.05, 3.63) is 0 Å². The van der Waals surface area contributed by atoms with Crippen molar-refractivity contribution < 1.29 is 24.2 Å². The fourth-order valence-corrected chi connectivity index (χ4v) is 0.822. The number of carbonyl (C=O) groups is 2. The van der Waals surface area contributed by atoms with E-state index in [0.717, 1.165) is 0 Å². The highest BCUT2D eigenvalue weighted by Gasteiger charge is 2.16. The van der Waals surface area contributed by atoms with E-state index in [1.807, 2.05) is 6.92 Å². The SMILES string of the molecule is CCC(C)C(=O)OCC(O)CC(=O)OC. The van der Waals surface area contributed by atoms with Gasteiger partial charge in [-0.25, -0.2) is 0 Å². The molecule has 0 bridgehead atoms. The predicted molar refractivity (Wildman–Crippen MR) is 53.1 cm³/mol. The molecular weight excluding hydrogens is 200 g/mol. The van der Waals surface area contributed by atoms with Gasteiger partial charge in [0.05, 0.1) is 25.6 Å². The van der Waals surface area contributed by atoms with E-state index in [1.54, 1.807) is 6.92 Å². The lowest BCUT2D eigenvalue weighted by Crippen LogP contribution is -2.24. The van der Waals surface area contributed by atoms with Crippen LogP contribution in [0.4, 0.5) is 0 Å². The zero-order valence-corrected chi connectivity index (χ0v) is 9.36. The number of ether oxygens (including phenoxy) is 2. The van der Waals surface area contributed by atoms with E-state index in [2.05, 4.69) is 4.74 Å². The number of carbonyl (C=O) groups excluding carboxylic acids is 2. The smallest absolute Gasteiger partial charge is 0.308 e. The van der Waals surface area contributed by atoms with Crippen LogP contribution in [0.25, 0.3) is 0 Å². The lowest BCUT2D eigenvalue weighted by atomic mass is 10.1. The topological polar surface area (TPSA) is 72.8 Å². The Morgan fingerprint density at radius 2 is 2.00 bits per heavy atom. The summed E-state index contributed by atoms with van der Waals surface area (Å²) in [6.45, 7) is 3.45. The van der Waals surface area contributed by atoms with Crippen LogP contribution in [0.3, 0.4) is 0 Å². The quantitative estimate of drug-likeness (QED) is 0.657. The third-order valence-corrected chi connectivity index (χ3v) is 2.06. The molecule has 0 aliphatic carbocycles. The van der Waals surface area contributed by atoms with E-state index in [4.69, 9.17) is 4.74 Å². The minimum Gasteiger partial charge on any atom is -0.469 e. The molecular formula is C10H18O5. The van der Waals surface area contributed by atoms with Gasteiger partial charge in [0.25, 0.3) is 0 Å². The van der Waals surface area contributed by atoms with Crippen LogP contribution in [0.1, 0.15) is 26.7 Å². The molecule has 0 amide bonds. The van der Waals surface area contributed by atoms with Gasteiger partial charge in [0.2, 0.25) is 0 Å². The molecule has 2 unspecified atom stereocenters. The highest BCUT2D eigenvalue weighted by atomic mass is 16.5. The lowest BCUT2D eigenvalue weighted by Gasteiger charge is -2.12. The zero-order valence-electron chi connectivity index (χ0n) is 9.36. The first-order valence-electron chi connectivity index (χ1n) is 4.92. The Hall–Kier alpha value is -1.10. The van der Waals surface area contributed by atoms with E-state index < -0.39 is 12.1 Å². The summed E-state index contributed by atoms with van der Waals surface area (Å²) in [4.78, 5) is 21.9. The Labute approximate surface area is 89.4 Å². The molecule has 0 heterocycles. The zero-order chi connectivity index (χ0) is 11.8. The molecule has 0 rings (SSSR count). The van der Waals surface area contributed by atoms with Gasteiger partial charge >= 0.3 is 11.9 Å². The lowest BCUT2D eigenvalue weighted by molar-refractivity contribution is -0.154. The van der Waals surface area contributed by atoms with E-state index in [9.17, 15) is 14.7 Å². The van der Waals surface area contributed by atoms with Crippen molar-refractivity contribution in [2.45, 2.75) is 32.8 Å². The molecule has 15 heavy (non-hydrogen) atoms. The maximum absolute atomic E-state index is 11.2. The summed E-state index contributed by atoms with van der Waals surface area (Å²) in [6, 6.07) is 0. The van der Waals surface area contributed by atoms with Gasteiger partial charge < -0.3 is 14.6 Å². The molecule has 0 saturated carbocycles. The summed E-state index contributed by atoms with van der Waals surface area (Å²) in [7, 11) is 1.24. The Bertz CT molecular complexity index is 214. The minimum absolute atomic E-state index is 0.162. The normalized spacial score (nSPS) is 14.1. The van der Waals surface area contributed by atoms with Gasteiger partial charge in [-0.3, -0.25) is 9.59 Å². The van der Waals surface area contributed by atoms with Crippen LogP contribution >= 0.6 is 0 Å². The molecule has 5 nitrogen and oxygen atoms in total. The van der Waals surface area contributed by atoms with E-state index in [-0.39, 0.29) is 24.9 Å². The number of hydrogen-bond donors (Lipinski definition) is 1. The average molecular weight is 218 g/mol. The maximum atomic E-state index is 11.2. The van der Waals surface area contributed by atoms with Crippen LogP contribution in [0.2, 0.25) is 0 Å². The number of esters is 2. The van der Waals surface area contributed by atoms with E-state index >= 15 is 0 Å². The number of aliphatic hydroxyl groups is 1. The summed E-state index contributed by atoms with van der Waals surface area (Å²) in [5.74, 6) is -1.07. The molecule has 0 aliphatic rings. The molecule has 88 valence electrons. The summed E-state index contributed by atoms with van der Waals surface area (Å²) < 4.78 is 9.16. The van der Waals surface area contributed by atoms with Gasteiger partial charge in [-0.15, -0.1) is 0 Å². The number of rotatable bonds is 6. The van der Waals surface area contributed by atoms with Gasteiger partial charge in [-0.1, -0.05) is 13.8 Å². The van der Waals surface area contributed by atoms with Gasteiger partial charge in [-0.2, -0.15) is 0 Å². The molecule has 0 aliphatic heterocycles. The molecule has 2 atom stereocenters. The van der Waals surface area contributed by atoms with Crippen molar-refractivity contribution in [2.24, 2.45) is 5.92 Å². The fraction of sp³-hybridized carbons (Fsp3) is 0.800. The minimum atomic E-state index is -0.995. The van der Waals surface area contributed by atoms with Crippen molar-refractivity contribution in [3.63, 3.8) is 0 Å². The molecule has 0 aromatic carbocycles. The third-order valence-electron chi connectivity index (χ3n) is 2.06. The van der Waals surface area contributed by atoms with Crippen LogP contribution < -0.4 is 0 Å².